The molecule has 4 nitrogen and oxygen atoms in total. The standard InChI is InChI=1S/C13H20N2O2/c1-3-17-10-9-15(2)13(16)12(14)11-7-5-4-6-8-11/h4-8,12H,3,9-10,14H2,1-2H3/t12-/m0/s1. The molecule has 0 saturated heterocycles. The molecule has 0 aliphatic heterocycles. The lowest BCUT2D eigenvalue weighted by molar-refractivity contribution is -0.132. The number of hydrogen-bond donors (Lipinski definition) is 1. The molecule has 0 aliphatic rings. The van der Waals surface area contributed by atoms with Gasteiger partial charge in [-0.1, -0.05) is 30.3 Å². The van der Waals surface area contributed by atoms with Crippen LogP contribution in [0.4, 0.5) is 0 Å². The van der Waals surface area contributed by atoms with E-state index in [1.807, 2.05) is 37.3 Å². The number of likely N-dealkylation sites (N-methyl/N-ethyl adjacent to an activating group) is 1. The van der Waals surface area contributed by atoms with Gasteiger partial charge in [-0.25, -0.2) is 0 Å². The summed E-state index contributed by atoms with van der Waals surface area (Å²) in [4.78, 5) is 13.6. The molecule has 0 heterocycles. The minimum atomic E-state index is -0.595. The number of hydrogen-bond acceptors (Lipinski definition) is 3. The van der Waals surface area contributed by atoms with Crippen LogP contribution in [0.3, 0.4) is 0 Å². The van der Waals surface area contributed by atoms with Crippen molar-refractivity contribution >= 4 is 5.91 Å². The maximum absolute atomic E-state index is 12.0. The maximum atomic E-state index is 12.0. The van der Waals surface area contributed by atoms with E-state index in [1.54, 1.807) is 11.9 Å². The van der Waals surface area contributed by atoms with Crippen LogP contribution in [-0.4, -0.2) is 37.6 Å². The third-order valence-corrected chi connectivity index (χ3v) is 2.58. The molecule has 4 heteroatoms. The van der Waals surface area contributed by atoms with E-state index >= 15 is 0 Å². The van der Waals surface area contributed by atoms with E-state index in [4.69, 9.17) is 10.5 Å². The van der Waals surface area contributed by atoms with Crippen molar-refractivity contribution in [3.63, 3.8) is 0 Å². The monoisotopic (exact) mass is 236 g/mol. The third-order valence-electron chi connectivity index (χ3n) is 2.58. The first-order chi connectivity index (χ1) is 8.16. The van der Waals surface area contributed by atoms with Crippen molar-refractivity contribution in [1.82, 2.24) is 4.90 Å². The van der Waals surface area contributed by atoms with Gasteiger partial charge in [0.2, 0.25) is 5.91 Å². The Hall–Kier alpha value is -1.39. The van der Waals surface area contributed by atoms with Gasteiger partial charge in [-0.2, -0.15) is 0 Å². The molecule has 2 N–H and O–H groups in total. The predicted molar refractivity (Wildman–Crippen MR) is 67.5 cm³/mol. The van der Waals surface area contributed by atoms with Crippen LogP contribution in [-0.2, 0) is 9.53 Å². The Morgan fingerprint density at radius 3 is 2.65 bits per heavy atom. The fourth-order valence-corrected chi connectivity index (χ4v) is 1.50. The van der Waals surface area contributed by atoms with E-state index in [-0.39, 0.29) is 5.91 Å². The number of carbonyl (C=O) groups excluding carboxylic acids is 1. The zero-order chi connectivity index (χ0) is 12.7. The zero-order valence-corrected chi connectivity index (χ0v) is 10.4. The van der Waals surface area contributed by atoms with Crippen molar-refractivity contribution in [2.75, 3.05) is 26.8 Å². The molecule has 1 amide bonds. The van der Waals surface area contributed by atoms with E-state index < -0.39 is 6.04 Å². The van der Waals surface area contributed by atoms with E-state index in [0.717, 1.165) is 5.56 Å². The summed E-state index contributed by atoms with van der Waals surface area (Å²) in [7, 11) is 1.74. The number of nitrogens with zero attached hydrogens (tertiary/aromatic N) is 1. The molecule has 1 aromatic rings. The largest absolute Gasteiger partial charge is 0.380 e. The van der Waals surface area contributed by atoms with Crippen molar-refractivity contribution < 1.29 is 9.53 Å². The summed E-state index contributed by atoms with van der Waals surface area (Å²) >= 11 is 0. The van der Waals surface area contributed by atoms with Crippen molar-refractivity contribution in [3.8, 4) is 0 Å². The predicted octanol–water partition coefficient (Wildman–Crippen LogP) is 1.18. The van der Waals surface area contributed by atoms with Crippen molar-refractivity contribution in [2.45, 2.75) is 13.0 Å². The Labute approximate surface area is 102 Å². The second kappa shape index (κ2) is 7.04. The first-order valence-electron chi connectivity index (χ1n) is 5.80. The van der Waals surface area contributed by atoms with Crippen molar-refractivity contribution in [2.24, 2.45) is 5.73 Å². The molecule has 0 aliphatic carbocycles. The molecule has 1 aromatic carbocycles. The fraction of sp³-hybridized carbons (Fsp3) is 0.462. The van der Waals surface area contributed by atoms with E-state index in [9.17, 15) is 4.79 Å². The Kier molecular flexibility index (Phi) is 5.66. The van der Waals surface area contributed by atoms with Gasteiger partial charge in [-0.15, -0.1) is 0 Å². The SMILES string of the molecule is CCOCCN(C)C(=O)[C@@H](N)c1ccccc1. The Bertz CT molecular complexity index is 341. The molecule has 94 valence electrons. The highest BCUT2D eigenvalue weighted by Crippen LogP contribution is 2.11. The number of benzene rings is 1. The first-order valence-corrected chi connectivity index (χ1v) is 5.80. The molecule has 0 radical (unpaired) electrons. The van der Waals surface area contributed by atoms with Crippen LogP contribution in [0, 0.1) is 0 Å². The third kappa shape index (κ3) is 4.17. The van der Waals surface area contributed by atoms with E-state index in [2.05, 4.69) is 0 Å². The van der Waals surface area contributed by atoms with Crippen LogP contribution >= 0.6 is 0 Å². The van der Waals surface area contributed by atoms with Gasteiger partial charge >= 0.3 is 0 Å². The van der Waals surface area contributed by atoms with Crippen LogP contribution in [0.15, 0.2) is 30.3 Å². The van der Waals surface area contributed by atoms with E-state index in [1.165, 1.54) is 0 Å². The number of amides is 1. The lowest BCUT2D eigenvalue weighted by atomic mass is 10.1. The molecule has 0 spiro atoms. The maximum Gasteiger partial charge on any atom is 0.243 e. The first kappa shape index (κ1) is 13.7. The second-order valence-corrected chi connectivity index (χ2v) is 3.85. The summed E-state index contributed by atoms with van der Waals surface area (Å²) in [6.45, 7) is 3.69. The van der Waals surface area contributed by atoms with Gasteiger partial charge < -0.3 is 15.4 Å². The quantitative estimate of drug-likeness (QED) is 0.755. The normalized spacial score (nSPS) is 12.2. The minimum Gasteiger partial charge on any atom is -0.380 e. The molecular formula is C13H20N2O2. The highest BCUT2D eigenvalue weighted by atomic mass is 16.5. The average Bonchev–Trinajstić information content (AvgIpc) is 2.38. The van der Waals surface area contributed by atoms with Crippen LogP contribution in [0.1, 0.15) is 18.5 Å². The summed E-state index contributed by atoms with van der Waals surface area (Å²) < 4.78 is 5.21. The van der Waals surface area contributed by atoms with Crippen LogP contribution in [0.2, 0.25) is 0 Å². The topological polar surface area (TPSA) is 55.6 Å². The van der Waals surface area contributed by atoms with Gasteiger partial charge in [0, 0.05) is 20.2 Å². The van der Waals surface area contributed by atoms with Gasteiger partial charge in [-0.05, 0) is 12.5 Å². The second-order valence-electron chi connectivity index (χ2n) is 3.85. The molecule has 17 heavy (non-hydrogen) atoms. The highest BCUT2D eigenvalue weighted by Gasteiger charge is 2.19. The lowest BCUT2D eigenvalue weighted by Gasteiger charge is -2.21. The summed E-state index contributed by atoms with van der Waals surface area (Å²) in [6.07, 6.45) is 0. The van der Waals surface area contributed by atoms with Crippen LogP contribution in [0.5, 0.6) is 0 Å². The zero-order valence-electron chi connectivity index (χ0n) is 10.4. The van der Waals surface area contributed by atoms with Gasteiger partial charge in [0.1, 0.15) is 6.04 Å². The summed E-state index contributed by atoms with van der Waals surface area (Å²) in [5.74, 6) is -0.0871. The molecule has 1 rings (SSSR count). The number of ether oxygens (including phenoxy) is 1. The van der Waals surface area contributed by atoms with Gasteiger partial charge in [-0.3, -0.25) is 4.79 Å². The number of nitrogens with two attached hydrogens (primary N) is 1. The molecular weight excluding hydrogens is 216 g/mol. The Balaban J connectivity index is 2.51. The Morgan fingerprint density at radius 2 is 2.06 bits per heavy atom. The van der Waals surface area contributed by atoms with Gasteiger partial charge in [0.25, 0.3) is 0 Å². The molecule has 0 saturated carbocycles. The lowest BCUT2D eigenvalue weighted by Crippen LogP contribution is -2.37. The van der Waals surface area contributed by atoms with Gasteiger partial charge in [0.05, 0.1) is 6.61 Å². The molecule has 0 bridgehead atoms. The highest BCUT2D eigenvalue weighted by molar-refractivity contribution is 5.82. The summed E-state index contributed by atoms with van der Waals surface area (Å²) in [5.41, 5.74) is 6.75. The smallest absolute Gasteiger partial charge is 0.243 e. The summed E-state index contributed by atoms with van der Waals surface area (Å²) in [5, 5.41) is 0. The van der Waals surface area contributed by atoms with Crippen LogP contribution < -0.4 is 5.73 Å². The molecule has 0 unspecified atom stereocenters. The van der Waals surface area contributed by atoms with Crippen molar-refractivity contribution in [1.29, 1.82) is 0 Å². The number of carbonyl (C=O) groups is 1. The average molecular weight is 236 g/mol. The molecule has 0 aromatic heterocycles. The fourth-order valence-electron chi connectivity index (χ4n) is 1.50. The number of rotatable bonds is 6. The molecule has 1 atom stereocenters. The van der Waals surface area contributed by atoms with E-state index in [0.29, 0.717) is 19.8 Å². The molecule has 0 fully saturated rings. The summed E-state index contributed by atoms with van der Waals surface area (Å²) in [6, 6.07) is 8.78. The van der Waals surface area contributed by atoms with Crippen LogP contribution in [0.25, 0.3) is 0 Å². The minimum absolute atomic E-state index is 0.0871. The van der Waals surface area contributed by atoms with Gasteiger partial charge in [0.15, 0.2) is 0 Å². The Morgan fingerprint density at radius 1 is 1.41 bits per heavy atom. The van der Waals surface area contributed by atoms with Crippen molar-refractivity contribution in [3.05, 3.63) is 35.9 Å².